The number of aryl methyl sites for hydroxylation is 1. The Bertz CT molecular complexity index is 474. The zero-order valence-electron chi connectivity index (χ0n) is 10.9. The number of rotatable bonds is 4. The number of nitrogens with two attached hydrogens (primary N) is 1. The van der Waals surface area contributed by atoms with Gasteiger partial charge < -0.3 is 15.2 Å². The van der Waals surface area contributed by atoms with E-state index in [0.29, 0.717) is 18.8 Å². The maximum atomic E-state index is 12.1. The van der Waals surface area contributed by atoms with Crippen LogP contribution in [0.4, 0.5) is 0 Å². The average molecular weight is 282 g/mol. The fourth-order valence-electron chi connectivity index (χ4n) is 2.14. The van der Waals surface area contributed by atoms with E-state index in [4.69, 9.17) is 5.73 Å². The van der Waals surface area contributed by atoms with Gasteiger partial charge in [0.1, 0.15) is 0 Å². The molecular formula is C12H18N4O2S. The molecular weight excluding hydrogens is 264 g/mol. The Morgan fingerprint density at radius 2 is 2.37 bits per heavy atom. The van der Waals surface area contributed by atoms with E-state index in [2.05, 4.69) is 4.98 Å². The van der Waals surface area contributed by atoms with E-state index in [9.17, 15) is 9.59 Å². The largest absolute Gasteiger partial charge is 0.369 e. The Kier molecular flexibility index (Phi) is 4.47. The van der Waals surface area contributed by atoms with Crippen LogP contribution in [0.1, 0.15) is 12.8 Å². The van der Waals surface area contributed by atoms with Crippen molar-refractivity contribution in [1.82, 2.24) is 14.5 Å². The van der Waals surface area contributed by atoms with Crippen LogP contribution in [-0.2, 0) is 16.6 Å². The lowest BCUT2D eigenvalue weighted by Gasteiger charge is -2.31. The number of piperidine rings is 1. The molecule has 1 aromatic heterocycles. The normalized spacial score (nSPS) is 19.4. The Labute approximate surface area is 116 Å². The molecule has 0 saturated carbocycles. The van der Waals surface area contributed by atoms with E-state index in [1.807, 2.05) is 17.8 Å². The quantitative estimate of drug-likeness (QED) is 0.802. The van der Waals surface area contributed by atoms with Crippen molar-refractivity contribution in [2.75, 3.05) is 18.8 Å². The first-order valence-electron chi connectivity index (χ1n) is 6.25. The molecule has 0 unspecified atom stereocenters. The van der Waals surface area contributed by atoms with Gasteiger partial charge in [-0.1, -0.05) is 11.8 Å². The van der Waals surface area contributed by atoms with E-state index in [0.717, 1.165) is 18.0 Å². The Hall–Kier alpha value is -1.50. The summed E-state index contributed by atoms with van der Waals surface area (Å²) in [7, 11) is 1.89. The summed E-state index contributed by atoms with van der Waals surface area (Å²) in [5, 5.41) is 0.816. The number of imidazole rings is 1. The second-order valence-electron chi connectivity index (χ2n) is 4.69. The molecule has 2 amide bonds. The number of thioether (sulfide) groups is 1. The number of primary amides is 1. The van der Waals surface area contributed by atoms with Crippen molar-refractivity contribution in [1.29, 1.82) is 0 Å². The lowest BCUT2D eigenvalue weighted by Crippen LogP contribution is -2.44. The summed E-state index contributed by atoms with van der Waals surface area (Å²) in [6.07, 6.45) is 5.17. The maximum absolute atomic E-state index is 12.1. The van der Waals surface area contributed by atoms with Crippen molar-refractivity contribution < 1.29 is 9.59 Å². The molecule has 1 aromatic rings. The van der Waals surface area contributed by atoms with Gasteiger partial charge in [0.15, 0.2) is 5.16 Å². The summed E-state index contributed by atoms with van der Waals surface area (Å²) in [5.41, 5.74) is 5.31. The maximum Gasteiger partial charge on any atom is 0.233 e. The fraction of sp³-hybridized carbons (Fsp3) is 0.583. The van der Waals surface area contributed by atoms with Crippen LogP contribution in [-0.4, -0.2) is 45.1 Å². The van der Waals surface area contributed by atoms with E-state index < -0.39 is 0 Å². The molecule has 2 N–H and O–H groups in total. The second kappa shape index (κ2) is 6.10. The van der Waals surface area contributed by atoms with Gasteiger partial charge in [0.05, 0.1) is 11.7 Å². The topological polar surface area (TPSA) is 81.2 Å². The summed E-state index contributed by atoms with van der Waals surface area (Å²) in [5.74, 6) is -0.125. The number of carbonyl (C=O) groups excluding carboxylic acids is 2. The molecule has 0 aliphatic carbocycles. The van der Waals surface area contributed by atoms with E-state index >= 15 is 0 Å². The first-order chi connectivity index (χ1) is 9.08. The third kappa shape index (κ3) is 3.50. The molecule has 104 valence electrons. The molecule has 19 heavy (non-hydrogen) atoms. The highest BCUT2D eigenvalue weighted by atomic mass is 32.2. The third-order valence-electron chi connectivity index (χ3n) is 3.28. The average Bonchev–Trinajstić information content (AvgIpc) is 2.81. The zero-order chi connectivity index (χ0) is 13.8. The lowest BCUT2D eigenvalue weighted by molar-refractivity contribution is -0.132. The molecule has 0 spiro atoms. The lowest BCUT2D eigenvalue weighted by atomic mass is 9.97. The summed E-state index contributed by atoms with van der Waals surface area (Å²) in [4.78, 5) is 29.2. The van der Waals surface area contributed by atoms with E-state index in [-0.39, 0.29) is 17.7 Å². The number of hydrogen-bond donors (Lipinski definition) is 1. The third-order valence-corrected chi connectivity index (χ3v) is 4.32. The van der Waals surface area contributed by atoms with Gasteiger partial charge in [0.25, 0.3) is 0 Å². The molecule has 1 fully saturated rings. The molecule has 1 atom stereocenters. The van der Waals surface area contributed by atoms with Gasteiger partial charge in [-0.2, -0.15) is 0 Å². The second-order valence-corrected chi connectivity index (χ2v) is 5.63. The van der Waals surface area contributed by atoms with Crippen molar-refractivity contribution in [3.8, 4) is 0 Å². The molecule has 2 heterocycles. The predicted octanol–water partition coefficient (Wildman–Crippen LogP) is 0.236. The Morgan fingerprint density at radius 3 is 3.00 bits per heavy atom. The van der Waals surface area contributed by atoms with Crippen LogP contribution in [0.5, 0.6) is 0 Å². The van der Waals surface area contributed by atoms with Gasteiger partial charge in [-0.05, 0) is 12.8 Å². The predicted molar refractivity (Wildman–Crippen MR) is 72.4 cm³/mol. The molecule has 0 bridgehead atoms. The van der Waals surface area contributed by atoms with Crippen LogP contribution in [0.25, 0.3) is 0 Å². The van der Waals surface area contributed by atoms with Gasteiger partial charge in [-0.25, -0.2) is 4.98 Å². The first-order valence-corrected chi connectivity index (χ1v) is 7.23. The molecule has 1 saturated heterocycles. The number of aromatic nitrogens is 2. The number of hydrogen-bond acceptors (Lipinski definition) is 4. The van der Waals surface area contributed by atoms with E-state index in [1.165, 1.54) is 11.8 Å². The molecule has 0 aromatic carbocycles. The molecule has 6 nitrogen and oxygen atoms in total. The van der Waals surface area contributed by atoms with Crippen molar-refractivity contribution in [2.45, 2.75) is 18.0 Å². The fourth-order valence-corrected chi connectivity index (χ4v) is 2.98. The van der Waals surface area contributed by atoms with Crippen LogP contribution in [0.3, 0.4) is 0 Å². The van der Waals surface area contributed by atoms with Crippen LogP contribution >= 0.6 is 11.8 Å². The summed E-state index contributed by atoms with van der Waals surface area (Å²) < 4.78 is 1.88. The van der Waals surface area contributed by atoms with Crippen LogP contribution in [0.15, 0.2) is 17.6 Å². The zero-order valence-corrected chi connectivity index (χ0v) is 11.7. The summed E-state index contributed by atoms with van der Waals surface area (Å²) in [6, 6.07) is 0. The number of amides is 2. The van der Waals surface area contributed by atoms with Crippen LogP contribution in [0, 0.1) is 5.92 Å². The highest BCUT2D eigenvalue weighted by molar-refractivity contribution is 7.99. The molecule has 1 aliphatic heterocycles. The van der Waals surface area contributed by atoms with Gasteiger partial charge in [-0.15, -0.1) is 0 Å². The number of carbonyl (C=O) groups is 2. The highest BCUT2D eigenvalue weighted by Crippen LogP contribution is 2.19. The SMILES string of the molecule is Cn1ccnc1SCC(=O)N1CCC[C@H](C(N)=O)C1. The minimum atomic E-state index is -0.311. The van der Waals surface area contributed by atoms with Gasteiger partial charge in [0, 0.05) is 32.5 Å². The Balaban J connectivity index is 1.86. The van der Waals surface area contributed by atoms with Crippen molar-refractivity contribution >= 4 is 23.6 Å². The minimum absolute atomic E-state index is 0.0407. The number of nitrogens with zero attached hydrogens (tertiary/aromatic N) is 3. The highest BCUT2D eigenvalue weighted by Gasteiger charge is 2.26. The first kappa shape index (κ1) is 13.9. The Morgan fingerprint density at radius 1 is 1.58 bits per heavy atom. The molecule has 0 radical (unpaired) electrons. The van der Waals surface area contributed by atoms with Crippen LogP contribution < -0.4 is 5.73 Å². The van der Waals surface area contributed by atoms with Gasteiger partial charge in [0.2, 0.25) is 11.8 Å². The van der Waals surface area contributed by atoms with Gasteiger partial charge in [-0.3, -0.25) is 9.59 Å². The standard InChI is InChI=1S/C12H18N4O2S/c1-15-6-4-14-12(15)19-8-10(17)16-5-2-3-9(7-16)11(13)18/h4,6,9H,2-3,5,7-8H2,1H3,(H2,13,18)/t9-/m0/s1. The number of likely N-dealkylation sites (tertiary alicyclic amines) is 1. The summed E-state index contributed by atoms with van der Waals surface area (Å²) in [6.45, 7) is 1.17. The van der Waals surface area contributed by atoms with Gasteiger partial charge >= 0.3 is 0 Å². The summed E-state index contributed by atoms with van der Waals surface area (Å²) >= 11 is 1.41. The van der Waals surface area contributed by atoms with E-state index in [1.54, 1.807) is 11.1 Å². The van der Waals surface area contributed by atoms with Crippen LogP contribution in [0.2, 0.25) is 0 Å². The molecule has 7 heteroatoms. The smallest absolute Gasteiger partial charge is 0.233 e. The van der Waals surface area contributed by atoms with Crippen molar-refractivity contribution in [3.05, 3.63) is 12.4 Å². The van der Waals surface area contributed by atoms with Crippen molar-refractivity contribution in [3.63, 3.8) is 0 Å². The monoisotopic (exact) mass is 282 g/mol. The molecule has 2 rings (SSSR count). The molecule has 1 aliphatic rings. The van der Waals surface area contributed by atoms with Crippen molar-refractivity contribution in [2.24, 2.45) is 18.7 Å². The minimum Gasteiger partial charge on any atom is -0.369 e.